The average Bonchev–Trinajstić information content (AvgIpc) is 2.31. The largest absolute Gasteiger partial charge is 0.326 e. The second-order valence-corrected chi connectivity index (χ2v) is 3.80. The van der Waals surface area contributed by atoms with E-state index in [1.165, 1.54) is 11.1 Å². The predicted molar refractivity (Wildman–Crippen MR) is 65.8 cm³/mol. The number of nitrogens with zero attached hydrogens (tertiary/aromatic N) is 1. The molecule has 0 aliphatic carbocycles. The number of hydrogen-bond donors (Lipinski definition) is 1. The van der Waals surface area contributed by atoms with Crippen molar-refractivity contribution in [2.75, 3.05) is 19.6 Å². The van der Waals surface area contributed by atoms with Gasteiger partial charge in [-0.25, -0.2) is 0 Å². The van der Waals surface area contributed by atoms with Crippen molar-refractivity contribution in [3.63, 3.8) is 0 Å². The Kier molecular flexibility index (Phi) is 5.37. The van der Waals surface area contributed by atoms with Crippen LogP contribution in [0.4, 0.5) is 0 Å². The lowest BCUT2D eigenvalue weighted by Gasteiger charge is -2.17. The van der Waals surface area contributed by atoms with Crippen molar-refractivity contribution in [1.29, 1.82) is 0 Å². The van der Waals surface area contributed by atoms with Crippen LogP contribution in [0.3, 0.4) is 0 Å². The molecular weight excluding hydrogens is 184 g/mol. The fourth-order valence-electron chi connectivity index (χ4n) is 1.67. The molecule has 0 aromatic heterocycles. The quantitative estimate of drug-likeness (QED) is 0.771. The average molecular weight is 206 g/mol. The van der Waals surface area contributed by atoms with E-state index < -0.39 is 0 Å². The van der Waals surface area contributed by atoms with Gasteiger partial charge in [0.15, 0.2) is 0 Å². The number of likely N-dealkylation sites (N-methyl/N-ethyl adjacent to an activating group) is 1. The highest BCUT2D eigenvalue weighted by Gasteiger charge is 1.99. The summed E-state index contributed by atoms with van der Waals surface area (Å²) in [5.74, 6) is 0. The monoisotopic (exact) mass is 206 g/mol. The van der Waals surface area contributed by atoms with E-state index in [0.717, 1.165) is 26.1 Å². The molecule has 0 aliphatic rings. The van der Waals surface area contributed by atoms with Crippen LogP contribution < -0.4 is 5.73 Å². The summed E-state index contributed by atoms with van der Waals surface area (Å²) in [6, 6.07) is 8.62. The smallest absolute Gasteiger partial charge is 0.0178 e. The molecule has 0 amide bonds. The first kappa shape index (κ1) is 12.2. The van der Waals surface area contributed by atoms with Gasteiger partial charge in [0.25, 0.3) is 0 Å². The van der Waals surface area contributed by atoms with Crippen molar-refractivity contribution >= 4 is 0 Å². The third-order valence-corrected chi connectivity index (χ3v) is 2.87. The van der Waals surface area contributed by atoms with Crippen molar-refractivity contribution in [2.24, 2.45) is 5.73 Å². The number of rotatable bonds is 6. The van der Waals surface area contributed by atoms with Crippen LogP contribution in [-0.4, -0.2) is 24.5 Å². The molecule has 15 heavy (non-hydrogen) atoms. The molecule has 0 bridgehead atoms. The zero-order chi connectivity index (χ0) is 11.1. The highest BCUT2D eigenvalue weighted by molar-refractivity contribution is 5.22. The van der Waals surface area contributed by atoms with Gasteiger partial charge in [-0.2, -0.15) is 0 Å². The molecule has 0 atom stereocenters. The van der Waals surface area contributed by atoms with Gasteiger partial charge in [-0.05, 0) is 30.6 Å². The minimum atomic E-state index is 0.635. The fraction of sp³-hybridized carbons (Fsp3) is 0.538. The number of hydrogen-bond acceptors (Lipinski definition) is 2. The van der Waals surface area contributed by atoms with Crippen LogP contribution >= 0.6 is 0 Å². The molecule has 0 spiro atoms. The molecule has 1 rings (SSSR count). The van der Waals surface area contributed by atoms with Crippen LogP contribution in [0.15, 0.2) is 24.3 Å². The lowest BCUT2D eigenvalue weighted by molar-refractivity contribution is 0.308. The Hall–Kier alpha value is -0.860. The van der Waals surface area contributed by atoms with Gasteiger partial charge in [0, 0.05) is 13.1 Å². The molecule has 1 aromatic rings. The molecule has 2 N–H and O–H groups in total. The van der Waals surface area contributed by atoms with Gasteiger partial charge in [0.2, 0.25) is 0 Å². The zero-order valence-corrected chi connectivity index (χ0v) is 9.87. The molecule has 0 saturated heterocycles. The van der Waals surface area contributed by atoms with Crippen molar-refractivity contribution in [3.8, 4) is 0 Å². The molecule has 2 heteroatoms. The topological polar surface area (TPSA) is 29.3 Å². The molecule has 0 saturated carbocycles. The highest BCUT2D eigenvalue weighted by atomic mass is 15.1. The third-order valence-electron chi connectivity index (χ3n) is 2.87. The Bertz CT molecular complexity index is 262. The van der Waals surface area contributed by atoms with Gasteiger partial charge in [0.1, 0.15) is 0 Å². The Morgan fingerprint density at radius 3 is 2.00 bits per heavy atom. The maximum atomic E-state index is 5.56. The van der Waals surface area contributed by atoms with E-state index in [1.807, 2.05) is 0 Å². The van der Waals surface area contributed by atoms with Gasteiger partial charge < -0.3 is 10.6 Å². The minimum Gasteiger partial charge on any atom is -0.326 e. The summed E-state index contributed by atoms with van der Waals surface area (Å²) in [5.41, 5.74) is 8.17. The van der Waals surface area contributed by atoms with E-state index in [9.17, 15) is 0 Å². The third kappa shape index (κ3) is 4.02. The summed E-state index contributed by atoms with van der Waals surface area (Å²) >= 11 is 0. The van der Waals surface area contributed by atoms with E-state index >= 15 is 0 Å². The zero-order valence-electron chi connectivity index (χ0n) is 9.87. The first-order chi connectivity index (χ1) is 7.30. The number of benzene rings is 1. The summed E-state index contributed by atoms with van der Waals surface area (Å²) in [6.45, 7) is 8.47. The SMILES string of the molecule is CCN(CC)CCc1ccc(CN)cc1. The van der Waals surface area contributed by atoms with E-state index in [2.05, 4.69) is 43.0 Å². The van der Waals surface area contributed by atoms with E-state index in [4.69, 9.17) is 5.73 Å². The van der Waals surface area contributed by atoms with Crippen LogP contribution in [0, 0.1) is 0 Å². The van der Waals surface area contributed by atoms with Crippen LogP contribution in [0.25, 0.3) is 0 Å². The van der Waals surface area contributed by atoms with E-state index in [0.29, 0.717) is 6.54 Å². The summed E-state index contributed by atoms with van der Waals surface area (Å²) < 4.78 is 0. The fourth-order valence-corrected chi connectivity index (χ4v) is 1.67. The van der Waals surface area contributed by atoms with Gasteiger partial charge in [-0.3, -0.25) is 0 Å². The summed E-state index contributed by atoms with van der Waals surface area (Å²) in [5, 5.41) is 0. The number of nitrogens with two attached hydrogens (primary N) is 1. The standard InChI is InChI=1S/C13H22N2/c1-3-15(4-2)10-9-12-5-7-13(11-14)8-6-12/h5-8H,3-4,9-11,14H2,1-2H3. The summed E-state index contributed by atoms with van der Waals surface area (Å²) in [6.07, 6.45) is 1.13. The lowest BCUT2D eigenvalue weighted by atomic mass is 10.1. The summed E-state index contributed by atoms with van der Waals surface area (Å²) in [7, 11) is 0. The molecule has 1 aromatic carbocycles. The molecule has 0 aliphatic heterocycles. The Balaban J connectivity index is 2.43. The highest BCUT2D eigenvalue weighted by Crippen LogP contribution is 2.05. The molecular formula is C13H22N2. The van der Waals surface area contributed by atoms with Crippen molar-refractivity contribution in [2.45, 2.75) is 26.8 Å². The summed E-state index contributed by atoms with van der Waals surface area (Å²) in [4.78, 5) is 2.44. The first-order valence-electron chi connectivity index (χ1n) is 5.80. The molecule has 0 unspecified atom stereocenters. The van der Waals surface area contributed by atoms with E-state index in [1.54, 1.807) is 0 Å². The van der Waals surface area contributed by atoms with Crippen LogP contribution in [0.5, 0.6) is 0 Å². The second-order valence-electron chi connectivity index (χ2n) is 3.80. The Morgan fingerprint density at radius 2 is 1.53 bits per heavy atom. The van der Waals surface area contributed by atoms with Crippen LogP contribution in [-0.2, 0) is 13.0 Å². The van der Waals surface area contributed by atoms with E-state index in [-0.39, 0.29) is 0 Å². The maximum absolute atomic E-state index is 5.56. The molecule has 0 heterocycles. The van der Waals surface area contributed by atoms with Crippen LogP contribution in [0.1, 0.15) is 25.0 Å². The predicted octanol–water partition coefficient (Wildman–Crippen LogP) is 2.03. The minimum absolute atomic E-state index is 0.635. The van der Waals surface area contributed by atoms with Crippen LogP contribution in [0.2, 0.25) is 0 Å². The normalized spacial score (nSPS) is 10.9. The second kappa shape index (κ2) is 6.59. The van der Waals surface area contributed by atoms with Crippen molar-refractivity contribution in [1.82, 2.24) is 4.90 Å². The first-order valence-corrected chi connectivity index (χ1v) is 5.80. The molecule has 84 valence electrons. The Morgan fingerprint density at radius 1 is 1.00 bits per heavy atom. The molecule has 0 fully saturated rings. The van der Waals surface area contributed by atoms with Gasteiger partial charge in [-0.1, -0.05) is 38.1 Å². The Labute approximate surface area is 93.1 Å². The molecule has 0 radical (unpaired) electrons. The lowest BCUT2D eigenvalue weighted by Crippen LogP contribution is -2.25. The van der Waals surface area contributed by atoms with Gasteiger partial charge >= 0.3 is 0 Å². The van der Waals surface area contributed by atoms with Crippen molar-refractivity contribution in [3.05, 3.63) is 35.4 Å². The van der Waals surface area contributed by atoms with Crippen molar-refractivity contribution < 1.29 is 0 Å². The maximum Gasteiger partial charge on any atom is 0.0178 e. The van der Waals surface area contributed by atoms with Gasteiger partial charge in [-0.15, -0.1) is 0 Å². The molecule has 2 nitrogen and oxygen atoms in total. The van der Waals surface area contributed by atoms with Gasteiger partial charge in [0.05, 0.1) is 0 Å².